The minimum Gasteiger partial charge on any atom is -0.379 e. The third kappa shape index (κ3) is 9.40. The lowest BCUT2D eigenvalue weighted by atomic mass is 10.1. The number of hydrogen-bond donors (Lipinski definition) is 2. The van der Waals surface area contributed by atoms with Crippen molar-refractivity contribution in [2.75, 3.05) is 72.1 Å². The van der Waals surface area contributed by atoms with E-state index in [4.69, 9.17) is 9.73 Å². The molecule has 1 atom stereocenters. The Labute approximate surface area is 171 Å². The molecular weight excluding hydrogens is 429 g/mol. The molecule has 2 fully saturated rings. The van der Waals surface area contributed by atoms with Gasteiger partial charge in [0.1, 0.15) is 0 Å². The van der Waals surface area contributed by atoms with E-state index < -0.39 is 0 Å². The standard InChI is InChI=1S/C18H37N5O.HI/c1-3-8-23-10-6-17(16-23)15-21-18(19-4-2)20-7-5-9-22-11-13-24-14-12-22;/h17H,3-16H2,1-2H3,(H2,19,20,21);1H. The van der Waals surface area contributed by atoms with Crippen molar-refractivity contribution < 1.29 is 4.74 Å². The van der Waals surface area contributed by atoms with Crippen molar-refractivity contribution in [3.8, 4) is 0 Å². The first-order chi connectivity index (χ1) is 11.8. The smallest absolute Gasteiger partial charge is 0.191 e. The van der Waals surface area contributed by atoms with E-state index in [-0.39, 0.29) is 24.0 Å². The molecule has 7 heteroatoms. The molecule has 2 saturated heterocycles. The first-order valence-electron chi connectivity index (χ1n) is 9.86. The summed E-state index contributed by atoms with van der Waals surface area (Å²) in [5, 5.41) is 6.86. The normalized spacial score (nSPS) is 22.6. The van der Waals surface area contributed by atoms with Gasteiger partial charge in [-0.1, -0.05) is 6.92 Å². The molecule has 25 heavy (non-hydrogen) atoms. The van der Waals surface area contributed by atoms with Gasteiger partial charge in [-0.25, -0.2) is 0 Å². The third-order valence-corrected chi connectivity index (χ3v) is 4.81. The number of likely N-dealkylation sites (tertiary alicyclic amines) is 1. The molecule has 2 aliphatic heterocycles. The van der Waals surface area contributed by atoms with Crippen LogP contribution < -0.4 is 10.6 Å². The van der Waals surface area contributed by atoms with Crippen LogP contribution in [0.4, 0.5) is 0 Å². The lowest BCUT2D eigenvalue weighted by Crippen LogP contribution is -2.41. The zero-order valence-electron chi connectivity index (χ0n) is 16.1. The number of rotatable bonds is 9. The highest BCUT2D eigenvalue weighted by molar-refractivity contribution is 14.0. The van der Waals surface area contributed by atoms with Crippen molar-refractivity contribution >= 4 is 29.9 Å². The van der Waals surface area contributed by atoms with E-state index in [1.807, 2.05) is 0 Å². The molecule has 0 aliphatic carbocycles. The number of nitrogens with one attached hydrogen (secondary N) is 2. The summed E-state index contributed by atoms with van der Waals surface area (Å²) in [6.07, 6.45) is 3.70. The monoisotopic (exact) mass is 467 g/mol. The summed E-state index contributed by atoms with van der Waals surface area (Å²) >= 11 is 0. The van der Waals surface area contributed by atoms with Crippen LogP contribution in [0.5, 0.6) is 0 Å². The molecule has 2 N–H and O–H groups in total. The number of nitrogens with zero attached hydrogens (tertiary/aromatic N) is 3. The van der Waals surface area contributed by atoms with Gasteiger partial charge < -0.3 is 20.3 Å². The van der Waals surface area contributed by atoms with Gasteiger partial charge in [0.2, 0.25) is 0 Å². The van der Waals surface area contributed by atoms with E-state index in [2.05, 4.69) is 34.3 Å². The fraction of sp³-hybridized carbons (Fsp3) is 0.944. The van der Waals surface area contributed by atoms with E-state index in [0.29, 0.717) is 0 Å². The van der Waals surface area contributed by atoms with Crippen molar-refractivity contribution in [2.24, 2.45) is 10.9 Å². The van der Waals surface area contributed by atoms with E-state index >= 15 is 0 Å². The predicted octanol–water partition coefficient (Wildman–Crippen LogP) is 1.61. The number of halogens is 1. The maximum absolute atomic E-state index is 5.39. The molecule has 6 nitrogen and oxygen atoms in total. The molecule has 0 aromatic heterocycles. The van der Waals surface area contributed by atoms with Crippen LogP contribution in [0.2, 0.25) is 0 Å². The van der Waals surface area contributed by atoms with Crippen LogP contribution in [-0.4, -0.2) is 87.9 Å². The van der Waals surface area contributed by atoms with Crippen LogP contribution in [0.3, 0.4) is 0 Å². The Balaban J connectivity index is 0.00000312. The number of ether oxygens (including phenoxy) is 1. The van der Waals surface area contributed by atoms with Crippen molar-refractivity contribution in [1.29, 1.82) is 0 Å². The van der Waals surface area contributed by atoms with Crippen molar-refractivity contribution in [2.45, 2.75) is 33.1 Å². The lowest BCUT2D eigenvalue weighted by molar-refractivity contribution is 0.0376. The van der Waals surface area contributed by atoms with Gasteiger partial charge >= 0.3 is 0 Å². The minimum absolute atomic E-state index is 0. The number of guanidine groups is 1. The van der Waals surface area contributed by atoms with Gasteiger partial charge in [-0.2, -0.15) is 0 Å². The molecule has 1 unspecified atom stereocenters. The van der Waals surface area contributed by atoms with Crippen LogP contribution in [-0.2, 0) is 4.74 Å². The zero-order chi connectivity index (χ0) is 17.0. The highest BCUT2D eigenvalue weighted by Crippen LogP contribution is 2.16. The van der Waals surface area contributed by atoms with Gasteiger partial charge in [-0.15, -0.1) is 24.0 Å². The second-order valence-electron chi connectivity index (χ2n) is 6.91. The van der Waals surface area contributed by atoms with Gasteiger partial charge in [0.25, 0.3) is 0 Å². The molecule has 0 amide bonds. The van der Waals surface area contributed by atoms with Gasteiger partial charge in [0, 0.05) is 39.3 Å². The molecule has 2 heterocycles. The van der Waals surface area contributed by atoms with Crippen molar-refractivity contribution in [1.82, 2.24) is 20.4 Å². The van der Waals surface area contributed by atoms with Crippen molar-refractivity contribution in [3.63, 3.8) is 0 Å². The summed E-state index contributed by atoms with van der Waals surface area (Å²) in [6.45, 7) is 16.0. The largest absolute Gasteiger partial charge is 0.379 e. The van der Waals surface area contributed by atoms with Gasteiger partial charge in [-0.05, 0) is 51.7 Å². The lowest BCUT2D eigenvalue weighted by Gasteiger charge is -2.26. The fourth-order valence-corrected chi connectivity index (χ4v) is 3.48. The molecular formula is C18H38IN5O. The second-order valence-corrected chi connectivity index (χ2v) is 6.91. The van der Waals surface area contributed by atoms with Gasteiger partial charge in [0.05, 0.1) is 13.2 Å². The maximum atomic E-state index is 5.39. The highest BCUT2D eigenvalue weighted by atomic mass is 127. The molecule has 0 aromatic rings. The molecule has 0 saturated carbocycles. The first-order valence-corrected chi connectivity index (χ1v) is 9.86. The summed E-state index contributed by atoms with van der Waals surface area (Å²) in [5.41, 5.74) is 0. The SMILES string of the molecule is CCCN1CCC(CN=C(NCC)NCCCN2CCOCC2)C1.I. The van der Waals surface area contributed by atoms with Gasteiger partial charge in [0.15, 0.2) is 5.96 Å². The van der Waals surface area contributed by atoms with Gasteiger partial charge in [-0.3, -0.25) is 9.89 Å². The van der Waals surface area contributed by atoms with E-state index in [0.717, 1.165) is 70.8 Å². The number of aliphatic imine (C=N–C) groups is 1. The Kier molecular flexibility index (Phi) is 12.8. The number of morpholine rings is 1. The summed E-state index contributed by atoms with van der Waals surface area (Å²) in [5.74, 6) is 1.70. The summed E-state index contributed by atoms with van der Waals surface area (Å²) in [6, 6.07) is 0. The molecule has 2 rings (SSSR count). The Bertz CT molecular complexity index is 363. The van der Waals surface area contributed by atoms with Crippen LogP contribution in [0, 0.1) is 5.92 Å². The molecule has 0 radical (unpaired) electrons. The predicted molar refractivity (Wildman–Crippen MR) is 116 cm³/mol. The highest BCUT2D eigenvalue weighted by Gasteiger charge is 2.21. The first kappa shape index (κ1) is 22.9. The fourth-order valence-electron chi connectivity index (χ4n) is 3.48. The molecule has 0 spiro atoms. The van der Waals surface area contributed by atoms with Crippen LogP contribution >= 0.6 is 24.0 Å². The minimum atomic E-state index is 0. The average molecular weight is 467 g/mol. The van der Waals surface area contributed by atoms with Crippen LogP contribution in [0.25, 0.3) is 0 Å². The Morgan fingerprint density at radius 2 is 1.88 bits per heavy atom. The Morgan fingerprint density at radius 3 is 2.60 bits per heavy atom. The van der Waals surface area contributed by atoms with Crippen LogP contribution in [0.1, 0.15) is 33.1 Å². The second kappa shape index (κ2) is 14.0. The Morgan fingerprint density at radius 1 is 1.08 bits per heavy atom. The molecule has 0 bridgehead atoms. The van der Waals surface area contributed by atoms with E-state index in [9.17, 15) is 0 Å². The zero-order valence-corrected chi connectivity index (χ0v) is 18.5. The number of hydrogen-bond acceptors (Lipinski definition) is 4. The average Bonchev–Trinajstić information content (AvgIpc) is 3.05. The third-order valence-electron chi connectivity index (χ3n) is 4.81. The molecule has 148 valence electrons. The summed E-state index contributed by atoms with van der Waals surface area (Å²) in [4.78, 5) is 9.86. The Hall–Kier alpha value is -0.120. The van der Waals surface area contributed by atoms with Crippen LogP contribution in [0.15, 0.2) is 4.99 Å². The topological polar surface area (TPSA) is 52.1 Å². The molecule has 2 aliphatic rings. The van der Waals surface area contributed by atoms with E-state index in [1.54, 1.807) is 0 Å². The summed E-state index contributed by atoms with van der Waals surface area (Å²) in [7, 11) is 0. The quantitative estimate of drug-likeness (QED) is 0.234. The molecule has 0 aromatic carbocycles. The maximum Gasteiger partial charge on any atom is 0.191 e. The summed E-state index contributed by atoms with van der Waals surface area (Å²) < 4.78 is 5.39. The van der Waals surface area contributed by atoms with E-state index in [1.165, 1.54) is 32.5 Å². The van der Waals surface area contributed by atoms with Crippen molar-refractivity contribution in [3.05, 3.63) is 0 Å².